The summed E-state index contributed by atoms with van der Waals surface area (Å²) in [6.07, 6.45) is 0. The fraction of sp³-hybridized carbons (Fsp3) is 0.250. The molecule has 0 aliphatic carbocycles. The van der Waals surface area contributed by atoms with Crippen molar-refractivity contribution in [3.8, 4) is 0 Å². The van der Waals surface area contributed by atoms with Gasteiger partial charge in [0, 0.05) is 5.56 Å². The van der Waals surface area contributed by atoms with E-state index in [-0.39, 0.29) is 10.3 Å². The predicted molar refractivity (Wildman–Crippen MR) is 40.0 cm³/mol. The number of rotatable bonds is 2. The number of hydrogen-bond acceptors (Lipinski definition) is 2. The van der Waals surface area contributed by atoms with E-state index >= 15 is 0 Å². The van der Waals surface area contributed by atoms with Gasteiger partial charge in [-0.2, -0.15) is 0 Å². The minimum Gasteiger partial charge on any atom is -0.259 e. The fourth-order valence-electron chi connectivity index (χ4n) is 1.12. The summed E-state index contributed by atoms with van der Waals surface area (Å²) in [5.74, 6) is 0. The van der Waals surface area contributed by atoms with Crippen LogP contribution in [0.5, 0.6) is 0 Å². The van der Waals surface area contributed by atoms with Gasteiger partial charge in [-0.1, -0.05) is 30.3 Å². The van der Waals surface area contributed by atoms with Gasteiger partial charge in [0.1, 0.15) is 0 Å². The lowest BCUT2D eigenvalue weighted by molar-refractivity contribution is -0.674. The molecule has 2 rings (SSSR count). The highest BCUT2D eigenvalue weighted by molar-refractivity contribution is 5.19. The number of halogens is 1. The molecule has 62 valence electrons. The van der Waals surface area contributed by atoms with E-state index < -0.39 is 5.50 Å². The molecule has 1 saturated heterocycles. The fourth-order valence-corrected chi connectivity index (χ4v) is 1.93. The van der Waals surface area contributed by atoms with E-state index in [0.29, 0.717) is 0 Å². The first-order valence-corrected chi connectivity index (χ1v) is 4.47. The minimum absolute atomic E-state index is 0.0289. The maximum atomic E-state index is 10.3. The van der Waals surface area contributed by atoms with Crippen LogP contribution in [-0.4, -0.2) is 10.4 Å². The molecule has 3 nitrogen and oxygen atoms in total. The normalized spacial score (nSPS) is 26.7. The van der Waals surface area contributed by atoms with E-state index in [2.05, 4.69) is 0 Å². The molecule has 1 aromatic rings. The van der Waals surface area contributed by atoms with Crippen LogP contribution in [0.15, 0.2) is 30.3 Å². The first-order valence-electron chi connectivity index (χ1n) is 3.59. The van der Waals surface area contributed by atoms with E-state index in [1.807, 2.05) is 41.1 Å². The second kappa shape index (κ2) is 2.75. The summed E-state index contributed by atoms with van der Waals surface area (Å²) in [6, 6.07) is 9.54. The Labute approximate surface area is 73.3 Å². The van der Waals surface area contributed by atoms with Crippen molar-refractivity contribution in [2.24, 2.45) is 0 Å². The maximum Gasteiger partial charge on any atom is 0.480 e. The molecule has 1 fully saturated rings. The van der Waals surface area contributed by atoms with Gasteiger partial charge in [0.25, 0.3) is 0 Å². The molecule has 1 aliphatic rings. The molecule has 4 heteroatoms. The molecular formula is C8H7ClNO2+. The van der Waals surface area contributed by atoms with Crippen LogP contribution in [0, 0.1) is 20.9 Å². The number of benzene rings is 1. The summed E-state index contributed by atoms with van der Waals surface area (Å²) < 4.78 is 0. The van der Waals surface area contributed by atoms with Gasteiger partial charge in [-0.15, -0.1) is 0 Å². The summed E-state index contributed by atoms with van der Waals surface area (Å²) in [5, 5.41) is 10.3. The summed E-state index contributed by atoms with van der Waals surface area (Å²) >= 11 is 0. The van der Waals surface area contributed by atoms with E-state index in [1.54, 1.807) is 0 Å². The molecule has 12 heavy (non-hydrogen) atoms. The zero-order valence-electron chi connectivity index (χ0n) is 6.18. The second-order valence-electron chi connectivity index (χ2n) is 2.60. The molecule has 0 aromatic heterocycles. The third-order valence-corrected chi connectivity index (χ3v) is 2.90. The minimum atomic E-state index is -0.465. The lowest BCUT2D eigenvalue weighted by Crippen LogP contribution is -2.02. The lowest BCUT2D eigenvalue weighted by Gasteiger charge is -1.85. The highest BCUT2D eigenvalue weighted by Gasteiger charge is 2.70. The molecular weight excluding hydrogens is 178 g/mol. The van der Waals surface area contributed by atoms with Crippen molar-refractivity contribution in [1.82, 2.24) is 0 Å². The molecule has 0 saturated carbocycles. The third-order valence-electron chi connectivity index (χ3n) is 1.76. The Balaban J connectivity index is 2.11. The van der Waals surface area contributed by atoms with Gasteiger partial charge in [0.15, 0.2) is 0 Å². The van der Waals surface area contributed by atoms with Gasteiger partial charge in [0.05, 0.1) is 4.92 Å². The topological polar surface area (TPSA) is 43.1 Å². The molecule has 0 unspecified atom stereocenters. The van der Waals surface area contributed by atoms with Crippen LogP contribution >= 0.6 is 0 Å². The molecule has 0 N–H and O–H groups in total. The van der Waals surface area contributed by atoms with Crippen molar-refractivity contribution in [2.75, 3.05) is 0 Å². The number of hydrogen-bond donors (Lipinski definition) is 0. The van der Waals surface area contributed by atoms with Gasteiger partial charge >= 0.3 is 10.9 Å². The van der Waals surface area contributed by atoms with Gasteiger partial charge in [-0.05, 0) is 0 Å². The molecule has 0 bridgehead atoms. The van der Waals surface area contributed by atoms with Crippen molar-refractivity contribution >= 4 is 0 Å². The lowest BCUT2D eigenvalue weighted by atomic mass is 10.2. The monoisotopic (exact) mass is 184 g/mol. The Hall–Kier alpha value is -1.09. The van der Waals surface area contributed by atoms with Crippen molar-refractivity contribution in [2.45, 2.75) is 10.9 Å². The van der Waals surface area contributed by atoms with Crippen molar-refractivity contribution in [3.63, 3.8) is 0 Å². The highest BCUT2D eigenvalue weighted by atomic mass is 35.5. The van der Waals surface area contributed by atoms with Crippen LogP contribution < -0.4 is 0 Å². The number of nitro groups is 1. The third kappa shape index (κ3) is 1.28. The predicted octanol–water partition coefficient (Wildman–Crippen LogP) is 1.43. The van der Waals surface area contributed by atoms with Crippen LogP contribution in [0.4, 0.5) is 0 Å². The molecule has 0 spiro atoms. The van der Waals surface area contributed by atoms with Crippen LogP contribution in [-0.2, 0) is 0 Å². The maximum absolute atomic E-state index is 10.3. The first kappa shape index (κ1) is 7.55. The van der Waals surface area contributed by atoms with Gasteiger partial charge in [0.2, 0.25) is 10.8 Å². The summed E-state index contributed by atoms with van der Waals surface area (Å²) in [4.78, 5) is 10.1. The molecule has 0 radical (unpaired) electrons. The Morgan fingerprint density at radius 3 is 2.50 bits per heavy atom. The van der Waals surface area contributed by atoms with E-state index in [4.69, 9.17) is 0 Å². The zero-order chi connectivity index (χ0) is 8.55. The molecule has 1 aliphatic heterocycles. The first-order chi connectivity index (χ1) is 5.79. The average Bonchev–Trinajstić information content (AvgIpc) is 2.84. The van der Waals surface area contributed by atoms with Crippen molar-refractivity contribution in [3.05, 3.63) is 46.0 Å². The molecule has 1 aromatic carbocycles. The molecule has 1 heterocycles. The van der Waals surface area contributed by atoms with E-state index in [0.717, 1.165) is 5.56 Å². The Bertz CT molecular complexity index is 301. The van der Waals surface area contributed by atoms with Crippen LogP contribution in [0.1, 0.15) is 10.9 Å². The SMILES string of the molecule is O=[N+]([O-])[C@@H]1[Cl+][C@H]1c1ccccc1. The van der Waals surface area contributed by atoms with Gasteiger partial charge in [-0.3, -0.25) is 10.1 Å². The van der Waals surface area contributed by atoms with Gasteiger partial charge in [-0.25, -0.2) is 0 Å². The summed E-state index contributed by atoms with van der Waals surface area (Å²) in [7, 11) is 1.86. The Morgan fingerprint density at radius 1 is 1.33 bits per heavy atom. The van der Waals surface area contributed by atoms with Crippen LogP contribution in [0.2, 0.25) is 0 Å². The molecule has 0 amide bonds. The molecule has 2 atom stereocenters. The quantitative estimate of drug-likeness (QED) is 0.302. The van der Waals surface area contributed by atoms with E-state index in [1.165, 1.54) is 0 Å². The Morgan fingerprint density at radius 2 is 2.00 bits per heavy atom. The summed E-state index contributed by atoms with van der Waals surface area (Å²) in [6.45, 7) is 0. The average molecular weight is 185 g/mol. The number of alkyl halides is 2. The number of nitrogens with zero attached hydrogens (tertiary/aromatic N) is 1. The standard InChI is InChI=1S/C8H7ClNO2/c11-10(12)8-7(9-8)6-4-2-1-3-5-6/h1-5,7-8H/q+1/t7-,8-/m0/s1. The highest BCUT2D eigenvalue weighted by Crippen LogP contribution is 2.39. The van der Waals surface area contributed by atoms with Crippen molar-refractivity contribution in [1.29, 1.82) is 0 Å². The smallest absolute Gasteiger partial charge is 0.259 e. The van der Waals surface area contributed by atoms with Crippen LogP contribution in [0.3, 0.4) is 0 Å². The second-order valence-corrected chi connectivity index (χ2v) is 3.77. The zero-order valence-corrected chi connectivity index (χ0v) is 6.94. The van der Waals surface area contributed by atoms with Crippen molar-refractivity contribution < 1.29 is 15.7 Å². The largest absolute Gasteiger partial charge is 0.480 e. The Kier molecular flexibility index (Phi) is 1.73. The van der Waals surface area contributed by atoms with Crippen LogP contribution in [0.25, 0.3) is 0 Å². The van der Waals surface area contributed by atoms with Gasteiger partial charge < -0.3 is 0 Å². The summed E-state index contributed by atoms with van der Waals surface area (Å²) in [5.41, 5.74) is 0.569. The van der Waals surface area contributed by atoms with E-state index in [9.17, 15) is 10.1 Å².